The molecule has 0 saturated carbocycles. The van der Waals surface area contributed by atoms with E-state index >= 15 is 0 Å². The van der Waals surface area contributed by atoms with Gasteiger partial charge in [-0.25, -0.2) is 0 Å². The minimum Gasteiger partial charge on any atom is -0.345 e. The van der Waals surface area contributed by atoms with Gasteiger partial charge >= 0.3 is 0 Å². The lowest BCUT2D eigenvalue weighted by Gasteiger charge is -2.50. The number of hydrogen-bond acceptors (Lipinski definition) is 2. The highest BCUT2D eigenvalue weighted by molar-refractivity contribution is 5.93. The van der Waals surface area contributed by atoms with Crippen LogP contribution in [0.5, 0.6) is 0 Å². The standard InChI is InChI=1S/C46H49N2/c1-28(2)31-19-17-20-32(29(3)4)42(31)48-41(33-18-11-12-21-34(33)46(48,9)10)30-26-37-43-38(27-30)45(7,8)36-23-14-16-25-40(36)47(43)39-24-15-13-22-35(39)44(37,5)6/h11-29H,1-10H3. The normalized spacial score (nSPS) is 18.1. The van der Waals surface area contributed by atoms with E-state index in [9.17, 15) is 0 Å². The fourth-order valence-corrected chi connectivity index (χ4v) is 9.21. The monoisotopic (exact) mass is 629 g/mol. The van der Waals surface area contributed by atoms with E-state index in [1.165, 1.54) is 78.9 Å². The molecule has 3 aliphatic rings. The minimum atomic E-state index is -0.246. The lowest BCUT2D eigenvalue weighted by molar-refractivity contribution is 0.528. The van der Waals surface area contributed by atoms with Crippen LogP contribution in [-0.4, -0.2) is 0 Å². The third-order valence-corrected chi connectivity index (χ3v) is 11.8. The number of para-hydroxylation sites is 3. The number of fused-ring (bicyclic) bond motifs is 5. The summed E-state index contributed by atoms with van der Waals surface area (Å²) in [4.78, 5) is 5.29. The zero-order valence-electron chi connectivity index (χ0n) is 30.4. The maximum Gasteiger partial charge on any atom is 0.124 e. The Morgan fingerprint density at radius 2 is 0.938 bits per heavy atom. The second kappa shape index (κ2) is 10.3. The Labute approximate surface area is 288 Å². The molecule has 0 N–H and O–H groups in total. The van der Waals surface area contributed by atoms with Crippen molar-refractivity contribution in [3.8, 4) is 0 Å². The highest BCUT2D eigenvalue weighted by atomic mass is 15.3. The van der Waals surface area contributed by atoms with Gasteiger partial charge in [-0.2, -0.15) is 0 Å². The van der Waals surface area contributed by atoms with Gasteiger partial charge in [0.1, 0.15) is 6.04 Å². The molecule has 5 aromatic rings. The summed E-state index contributed by atoms with van der Waals surface area (Å²) in [6.45, 7) is 23.9. The second-order valence-electron chi connectivity index (χ2n) is 16.4. The molecule has 0 saturated heterocycles. The topological polar surface area (TPSA) is 6.48 Å². The average Bonchev–Trinajstić information content (AvgIpc) is 3.30. The molecule has 5 aromatic carbocycles. The molecule has 0 amide bonds. The maximum atomic E-state index is 2.72. The van der Waals surface area contributed by atoms with Crippen molar-refractivity contribution < 1.29 is 0 Å². The number of anilines is 4. The quantitative estimate of drug-likeness (QED) is 0.195. The van der Waals surface area contributed by atoms with Gasteiger partial charge in [0, 0.05) is 16.5 Å². The molecule has 0 aliphatic carbocycles. The molecular formula is C46H49N2. The average molecular weight is 630 g/mol. The number of hydrogen-bond donors (Lipinski definition) is 0. The predicted molar refractivity (Wildman–Crippen MR) is 203 cm³/mol. The van der Waals surface area contributed by atoms with Crippen molar-refractivity contribution in [2.45, 2.75) is 97.4 Å². The molecule has 0 atom stereocenters. The van der Waals surface area contributed by atoms with Crippen LogP contribution in [0.3, 0.4) is 0 Å². The van der Waals surface area contributed by atoms with Crippen molar-refractivity contribution in [1.29, 1.82) is 0 Å². The number of benzene rings is 5. The van der Waals surface area contributed by atoms with Crippen LogP contribution in [0, 0.1) is 6.04 Å². The summed E-state index contributed by atoms with van der Waals surface area (Å²) in [7, 11) is 0. The van der Waals surface area contributed by atoms with Gasteiger partial charge in [0.25, 0.3) is 0 Å². The van der Waals surface area contributed by atoms with E-state index in [-0.39, 0.29) is 16.4 Å². The fraction of sp³-hybridized carbons (Fsp3) is 0.326. The molecular weight excluding hydrogens is 581 g/mol. The van der Waals surface area contributed by atoms with Crippen LogP contribution >= 0.6 is 0 Å². The van der Waals surface area contributed by atoms with Crippen LogP contribution in [0.2, 0.25) is 0 Å². The van der Waals surface area contributed by atoms with E-state index in [1.54, 1.807) is 0 Å². The van der Waals surface area contributed by atoms with Crippen LogP contribution in [0.15, 0.2) is 103 Å². The van der Waals surface area contributed by atoms with Gasteiger partial charge in [-0.05, 0) is 100 Å². The summed E-state index contributed by atoms with van der Waals surface area (Å²) in [5.74, 6) is 0.784. The zero-order valence-corrected chi connectivity index (χ0v) is 30.4. The Kier molecular flexibility index (Phi) is 6.68. The van der Waals surface area contributed by atoms with Crippen LogP contribution < -0.4 is 9.80 Å². The SMILES string of the molecule is CC(C)c1cccc(C(C)C)c1N1[C](c2cc3c4c(c2)C(C)(C)c2ccccc2N4c2ccccc2C3(C)C)c2ccccc2C1(C)C. The van der Waals surface area contributed by atoms with Gasteiger partial charge in [-0.3, -0.25) is 0 Å². The minimum absolute atomic E-state index is 0.187. The van der Waals surface area contributed by atoms with Crippen molar-refractivity contribution >= 4 is 22.7 Å². The number of nitrogens with zero attached hydrogens (tertiary/aromatic N) is 2. The third kappa shape index (κ3) is 4.04. The summed E-state index contributed by atoms with van der Waals surface area (Å²) in [5.41, 5.74) is 17.1. The molecule has 8 rings (SSSR count). The molecule has 0 fully saturated rings. The van der Waals surface area contributed by atoms with Gasteiger partial charge in [0.15, 0.2) is 0 Å². The molecule has 0 unspecified atom stereocenters. The largest absolute Gasteiger partial charge is 0.345 e. The van der Waals surface area contributed by atoms with Crippen LogP contribution in [0.25, 0.3) is 0 Å². The van der Waals surface area contributed by atoms with Crippen LogP contribution in [0.4, 0.5) is 22.7 Å². The first-order chi connectivity index (χ1) is 22.8. The molecule has 0 spiro atoms. The highest BCUT2D eigenvalue weighted by Gasteiger charge is 2.50. The van der Waals surface area contributed by atoms with Crippen molar-refractivity contribution in [2.75, 3.05) is 9.80 Å². The first-order valence-electron chi connectivity index (χ1n) is 17.9. The Hall–Kier alpha value is -4.30. The highest BCUT2D eigenvalue weighted by Crippen LogP contribution is 2.62. The van der Waals surface area contributed by atoms with Crippen molar-refractivity contribution in [3.63, 3.8) is 0 Å². The Morgan fingerprint density at radius 3 is 1.44 bits per heavy atom. The van der Waals surface area contributed by atoms with Gasteiger partial charge in [-0.1, -0.05) is 134 Å². The zero-order chi connectivity index (χ0) is 33.9. The van der Waals surface area contributed by atoms with E-state index in [0.29, 0.717) is 11.8 Å². The van der Waals surface area contributed by atoms with Gasteiger partial charge < -0.3 is 9.80 Å². The first kappa shape index (κ1) is 31.0. The smallest absolute Gasteiger partial charge is 0.124 e. The van der Waals surface area contributed by atoms with Gasteiger partial charge in [0.2, 0.25) is 0 Å². The van der Waals surface area contributed by atoms with Crippen LogP contribution in [-0.2, 0) is 16.4 Å². The molecule has 3 aliphatic heterocycles. The van der Waals surface area contributed by atoms with Crippen molar-refractivity contribution in [3.05, 3.63) is 159 Å². The molecule has 48 heavy (non-hydrogen) atoms. The lowest BCUT2D eigenvalue weighted by atomic mass is 9.65. The molecule has 243 valence electrons. The van der Waals surface area contributed by atoms with E-state index in [2.05, 4.69) is 182 Å². The summed E-state index contributed by atoms with van der Waals surface area (Å²) >= 11 is 0. The third-order valence-electron chi connectivity index (χ3n) is 11.8. The lowest BCUT2D eigenvalue weighted by Crippen LogP contribution is -2.41. The predicted octanol–water partition coefficient (Wildman–Crippen LogP) is 12.4. The number of rotatable bonds is 4. The molecule has 0 aromatic heterocycles. The Balaban J connectivity index is 1.48. The molecule has 1 radical (unpaired) electrons. The van der Waals surface area contributed by atoms with E-state index in [4.69, 9.17) is 0 Å². The van der Waals surface area contributed by atoms with Gasteiger partial charge in [0.05, 0.1) is 22.6 Å². The van der Waals surface area contributed by atoms with Gasteiger partial charge in [-0.15, -0.1) is 0 Å². The second-order valence-corrected chi connectivity index (χ2v) is 16.4. The molecule has 3 heterocycles. The maximum absolute atomic E-state index is 2.72. The summed E-state index contributed by atoms with van der Waals surface area (Å²) in [6, 6.07) is 40.7. The fourth-order valence-electron chi connectivity index (χ4n) is 9.21. The summed E-state index contributed by atoms with van der Waals surface area (Å²) < 4.78 is 0. The van der Waals surface area contributed by atoms with Crippen molar-refractivity contribution in [2.24, 2.45) is 0 Å². The first-order valence-corrected chi connectivity index (χ1v) is 17.9. The Bertz CT molecular complexity index is 1980. The Morgan fingerprint density at radius 1 is 0.479 bits per heavy atom. The molecule has 2 nitrogen and oxygen atoms in total. The van der Waals surface area contributed by atoms with Crippen molar-refractivity contribution in [1.82, 2.24) is 0 Å². The summed E-state index contributed by atoms with van der Waals surface area (Å²) in [5, 5.41) is 0. The van der Waals surface area contributed by atoms with E-state index in [0.717, 1.165) is 0 Å². The van der Waals surface area contributed by atoms with E-state index in [1.807, 2.05) is 0 Å². The summed E-state index contributed by atoms with van der Waals surface area (Å²) in [6.07, 6.45) is 0. The van der Waals surface area contributed by atoms with E-state index < -0.39 is 0 Å². The molecule has 2 heteroatoms. The van der Waals surface area contributed by atoms with Crippen LogP contribution in [0.1, 0.15) is 131 Å². The molecule has 0 bridgehead atoms.